The summed E-state index contributed by atoms with van der Waals surface area (Å²) in [6, 6.07) is 8.65. The van der Waals surface area contributed by atoms with Crippen molar-refractivity contribution >= 4 is 11.6 Å². The van der Waals surface area contributed by atoms with Crippen LogP contribution in [0.5, 0.6) is 0 Å². The lowest BCUT2D eigenvalue weighted by atomic mass is 9.77. The van der Waals surface area contributed by atoms with E-state index in [1.54, 1.807) is 6.33 Å². The van der Waals surface area contributed by atoms with E-state index in [4.69, 9.17) is 0 Å². The molecule has 3 rings (SSSR count). The Morgan fingerprint density at radius 3 is 2.79 bits per heavy atom. The Balaban J connectivity index is 1.68. The van der Waals surface area contributed by atoms with Gasteiger partial charge in [0.15, 0.2) is 0 Å². The van der Waals surface area contributed by atoms with E-state index in [2.05, 4.69) is 44.9 Å². The van der Waals surface area contributed by atoms with E-state index in [1.165, 1.54) is 11.1 Å². The average molecular weight is 254 g/mol. The molecule has 1 heterocycles. The van der Waals surface area contributed by atoms with Gasteiger partial charge in [0.2, 0.25) is 0 Å². The number of anilines is 2. The lowest BCUT2D eigenvalue weighted by molar-refractivity contribution is 0.634. The Hall–Kier alpha value is -2.10. The highest BCUT2D eigenvalue weighted by Gasteiger charge is 2.25. The Morgan fingerprint density at radius 1 is 1.21 bits per heavy atom. The maximum Gasteiger partial charge on any atom is 0.134 e. The van der Waals surface area contributed by atoms with E-state index >= 15 is 0 Å². The minimum atomic E-state index is 0.601. The van der Waals surface area contributed by atoms with Gasteiger partial charge in [-0.25, -0.2) is 9.97 Å². The van der Waals surface area contributed by atoms with Crippen LogP contribution < -0.4 is 10.6 Å². The fourth-order valence-electron chi connectivity index (χ4n) is 2.65. The summed E-state index contributed by atoms with van der Waals surface area (Å²) in [5.41, 5.74) is 4.01. The van der Waals surface area contributed by atoms with Crippen LogP contribution in [0.25, 0.3) is 0 Å². The van der Waals surface area contributed by atoms with Gasteiger partial charge in [-0.05, 0) is 24.5 Å². The Morgan fingerprint density at radius 2 is 2.00 bits per heavy atom. The zero-order valence-corrected chi connectivity index (χ0v) is 11.3. The second-order valence-electron chi connectivity index (χ2n) is 4.93. The van der Waals surface area contributed by atoms with E-state index < -0.39 is 0 Å². The van der Waals surface area contributed by atoms with Gasteiger partial charge in [-0.1, -0.05) is 24.3 Å². The largest absolute Gasteiger partial charge is 0.373 e. The molecule has 19 heavy (non-hydrogen) atoms. The average Bonchev–Trinajstić information content (AvgIpc) is 2.41. The van der Waals surface area contributed by atoms with Crippen molar-refractivity contribution in [2.45, 2.75) is 19.3 Å². The summed E-state index contributed by atoms with van der Waals surface area (Å²) in [5, 5.41) is 6.52. The first-order valence-corrected chi connectivity index (χ1v) is 6.60. The van der Waals surface area contributed by atoms with Crippen LogP contribution in [-0.2, 0) is 6.42 Å². The van der Waals surface area contributed by atoms with Crippen LogP contribution in [0.3, 0.4) is 0 Å². The molecule has 98 valence electrons. The van der Waals surface area contributed by atoms with Crippen LogP contribution in [0.1, 0.15) is 22.6 Å². The highest BCUT2D eigenvalue weighted by molar-refractivity contribution is 5.56. The van der Waals surface area contributed by atoms with Crippen LogP contribution in [-0.4, -0.2) is 23.6 Å². The maximum atomic E-state index is 4.31. The minimum Gasteiger partial charge on any atom is -0.373 e. The zero-order chi connectivity index (χ0) is 13.2. The number of benzene rings is 1. The van der Waals surface area contributed by atoms with Crippen molar-refractivity contribution in [2.24, 2.45) is 0 Å². The summed E-state index contributed by atoms with van der Waals surface area (Å²) in [6.45, 7) is 2.96. The maximum absolute atomic E-state index is 4.31. The van der Waals surface area contributed by atoms with Crippen LogP contribution >= 0.6 is 0 Å². The first-order chi connectivity index (χ1) is 9.29. The summed E-state index contributed by atoms with van der Waals surface area (Å²) in [6.07, 6.45) is 2.75. The molecular formula is C15H18N4. The van der Waals surface area contributed by atoms with Crippen LogP contribution in [0.2, 0.25) is 0 Å². The van der Waals surface area contributed by atoms with Gasteiger partial charge in [-0.3, -0.25) is 0 Å². The van der Waals surface area contributed by atoms with Crippen molar-refractivity contribution in [3.63, 3.8) is 0 Å². The first kappa shape index (κ1) is 12.0. The van der Waals surface area contributed by atoms with Crippen LogP contribution in [0, 0.1) is 6.92 Å². The molecular weight excluding hydrogens is 236 g/mol. The molecule has 2 N–H and O–H groups in total. The van der Waals surface area contributed by atoms with Crippen molar-refractivity contribution in [1.29, 1.82) is 0 Å². The normalized spacial score (nSPS) is 16.4. The Kier molecular flexibility index (Phi) is 3.07. The number of nitrogens with zero attached hydrogens (tertiary/aromatic N) is 2. The number of rotatable bonds is 4. The quantitative estimate of drug-likeness (QED) is 0.880. The van der Waals surface area contributed by atoms with Crippen molar-refractivity contribution < 1.29 is 0 Å². The molecule has 0 saturated heterocycles. The molecule has 1 aliphatic carbocycles. The molecule has 1 aromatic carbocycles. The molecule has 4 nitrogen and oxygen atoms in total. The highest BCUT2D eigenvalue weighted by atomic mass is 15.1. The minimum absolute atomic E-state index is 0.601. The molecule has 0 bridgehead atoms. The number of nitrogens with one attached hydrogen (secondary N) is 2. The van der Waals surface area contributed by atoms with Crippen molar-refractivity contribution in [2.75, 3.05) is 24.2 Å². The van der Waals surface area contributed by atoms with Crippen molar-refractivity contribution in [3.05, 3.63) is 47.3 Å². The third kappa shape index (κ3) is 2.14. The van der Waals surface area contributed by atoms with Crippen LogP contribution in [0.15, 0.2) is 30.6 Å². The number of hydrogen-bond acceptors (Lipinski definition) is 4. The van der Waals surface area contributed by atoms with E-state index in [9.17, 15) is 0 Å². The van der Waals surface area contributed by atoms with Gasteiger partial charge in [0.1, 0.15) is 18.0 Å². The molecule has 1 unspecified atom stereocenters. The second-order valence-corrected chi connectivity index (χ2v) is 4.93. The predicted molar refractivity (Wildman–Crippen MR) is 77.7 cm³/mol. The van der Waals surface area contributed by atoms with Gasteiger partial charge in [0, 0.05) is 25.1 Å². The molecule has 0 fully saturated rings. The molecule has 0 spiro atoms. The molecule has 0 amide bonds. The van der Waals surface area contributed by atoms with E-state index in [-0.39, 0.29) is 0 Å². The molecule has 0 saturated carbocycles. The molecule has 1 atom stereocenters. The molecule has 1 aromatic heterocycles. The molecule has 0 aliphatic heterocycles. The van der Waals surface area contributed by atoms with Gasteiger partial charge in [-0.15, -0.1) is 0 Å². The summed E-state index contributed by atoms with van der Waals surface area (Å²) in [7, 11) is 1.88. The Bertz CT molecular complexity index is 594. The number of hydrogen-bond donors (Lipinski definition) is 2. The predicted octanol–water partition coefficient (Wildman–Crippen LogP) is 2.58. The molecule has 2 aromatic rings. The topological polar surface area (TPSA) is 49.8 Å². The van der Waals surface area contributed by atoms with Gasteiger partial charge >= 0.3 is 0 Å². The van der Waals surface area contributed by atoms with Gasteiger partial charge < -0.3 is 10.6 Å². The fraction of sp³-hybridized carbons (Fsp3) is 0.333. The van der Waals surface area contributed by atoms with E-state index in [1.807, 2.05) is 14.0 Å². The fourth-order valence-corrected chi connectivity index (χ4v) is 2.65. The lowest BCUT2D eigenvalue weighted by Gasteiger charge is -2.30. The molecule has 0 radical (unpaired) electrons. The lowest BCUT2D eigenvalue weighted by Crippen LogP contribution is -2.24. The summed E-state index contributed by atoms with van der Waals surface area (Å²) >= 11 is 0. The van der Waals surface area contributed by atoms with Crippen molar-refractivity contribution in [1.82, 2.24) is 9.97 Å². The zero-order valence-electron chi connectivity index (χ0n) is 11.3. The summed E-state index contributed by atoms with van der Waals surface area (Å²) < 4.78 is 0. The second kappa shape index (κ2) is 4.88. The highest BCUT2D eigenvalue weighted by Crippen LogP contribution is 2.34. The standard InChI is InChI=1S/C15H18N4/c1-10-14(16-2)18-9-19-15(10)17-8-12-7-11-5-3-4-6-13(11)12/h3-6,9,12H,7-8H2,1-2H3,(H2,16,17,18,19). The van der Waals surface area contributed by atoms with Crippen LogP contribution in [0.4, 0.5) is 11.6 Å². The Labute approximate surface area is 113 Å². The smallest absolute Gasteiger partial charge is 0.134 e. The number of fused-ring (bicyclic) bond motifs is 1. The molecule has 1 aliphatic rings. The van der Waals surface area contributed by atoms with Crippen molar-refractivity contribution in [3.8, 4) is 0 Å². The van der Waals surface area contributed by atoms with Gasteiger partial charge in [0.25, 0.3) is 0 Å². The summed E-state index contributed by atoms with van der Waals surface area (Å²) in [4.78, 5) is 8.50. The SMILES string of the molecule is CNc1ncnc(NCC2Cc3ccccc32)c1C. The molecule has 4 heteroatoms. The monoisotopic (exact) mass is 254 g/mol. The van der Waals surface area contributed by atoms with Gasteiger partial charge in [-0.2, -0.15) is 0 Å². The third-order valence-corrected chi connectivity index (χ3v) is 3.80. The van der Waals surface area contributed by atoms with Gasteiger partial charge in [0.05, 0.1) is 0 Å². The van der Waals surface area contributed by atoms with E-state index in [0.29, 0.717) is 5.92 Å². The van der Waals surface area contributed by atoms with E-state index in [0.717, 1.165) is 30.2 Å². The summed E-state index contributed by atoms with van der Waals surface area (Å²) in [5.74, 6) is 2.40. The first-order valence-electron chi connectivity index (χ1n) is 6.60. The number of aromatic nitrogens is 2. The third-order valence-electron chi connectivity index (χ3n) is 3.80.